The maximum Gasteiger partial charge on any atom is 0.418 e. The van der Waals surface area contributed by atoms with E-state index in [0.29, 0.717) is 16.6 Å². The van der Waals surface area contributed by atoms with Gasteiger partial charge in [0.05, 0.1) is 17.8 Å². The Kier molecular flexibility index (Phi) is 4.37. The molecule has 4 aromatic rings. The van der Waals surface area contributed by atoms with Crippen LogP contribution in [0.3, 0.4) is 0 Å². The van der Waals surface area contributed by atoms with Gasteiger partial charge in [0.15, 0.2) is 0 Å². The maximum atomic E-state index is 13.6. The minimum atomic E-state index is -4.57. The Labute approximate surface area is 156 Å². The lowest BCUT2D eigenvalue weighted by molar-refractivity contribution is -0.136. The molecular weight excluding hydrogens is 375 g/mol. The van der Waals surface area contributed by atoms with Gasteiger partial charge in [0.2, 0.25) is 0 Å². The van der Waals surface area contributed by atoms with Crippen molar-refractivity contribution in [3.05, 3.63) is 89.5 Å². The molecule has 0 amide bonds. The molecule has 0 fully saturated rings. The molecule has 1 aromatic heterocycles. The molecule has 0 aliphatic carbocycles. The lowest BCUT2D eigenvalue weighted by atomic mass is 10.0. The fraction of sp³-hybridized carbons (Fsp3) is 0.0952. The van der Waals surface area contributed by atoms with Gasteiger partial charge in [-0.05, 0) is 23.8 Å². The van der Waals surface area contributed by atoms with Crippen molar-refractivity contribution in [3.8, 4) is 11.3 Å². The van der Waals surface area contributed by atoms with E-state index in [-0.39, 0.29) is 17.6 Å². The number of hydrogen-bond acceptors (Lipinski definition) is 1. The van der Waals surface area contributed by atoms with E-state index >= 15 is 0 Å². The zero-order valence-corrected chi connectivity index (χ0v) is 14.3. The predicted molar refractivity (Wildman–Crippen MR) is 95.6 cm³/mol. The zero-order valence-electron chi connectivity index (χ0n) is 14.3. The van der Waals surface area contributed by atoms with Crippen LogP contribution in [-0.2, 0) is 12.7 Å². The first-order valence-corrected chi connectivity index (χ1v) is 8.40. The second-order valence-corrected chi connectivity index (χ2v) is 6.35. The fourth-order valence-electron chi connectivity index (χ4n) is 3.27. The van der Waals surface area contributed by atoms with Crippen molar-refractivity contribution in [1.82, 2.24) is 9.78 Å². The Morgan fingerprint density at radius 1 is 0.821 bits per heavy atom. The third-order valence-electron chi connectivity index (χ3n) is 4.38. The smallest absolute Gasteiger partial charge is 0.259 e. The van der Waals surface area contributed by atoms with E-state index in [0.717, 1.165) is 24.3 Å². The van der Waals surface area contributed by atoms with Crippen LogP contribution in [0.15, 0.2) is 66.7 Å². The third-order valence-corrected chi connectivity index (χ3v) is 4.38. The number of benzene rings is 3. The predicted octanol–water partition coefficient (Wildman–Crippen LogP) is 6.05. The molecule has 0 aliphatic heterocycles. The largest absolute Gasteiger partial charge is 0.418 e. The van der Waals surface area contributed by atoms with Gasteiger partial charge >= 0.3 is 6.18 Å². The van der Waals surface area contributed by atoms with E-state index in [9.17, 15) is 22.0 Å². The maximum absolute atomic E-state index is 13.6. The number of rotatable bonds is 3. The Balaban J connectivity index is 1.96. The van der Waals surface area contributed by atoms with Crippen molar-refractivity contribution in [3.63, 3.8) is 0 Å². The van der Waals surface area contributed by atoms with Gasteiger partial charge < -0.3 is 0 Å². The van der Waals surface area contributed by atoms with Crippen molar-refractivity contribution < 1.29 is 22.0 Å². The molecule has 0 bridgehead atoms. The summed E-state index contributed by atoms with van der Waals surface area (Å²) in [7, 11) is 0. The molecule has 1 heterocycles. The molecule has 0 unspecified atom stereocenters. The zero-order chi connectivity index (χ0) is 19.9. The van der Waals surface area contributed by atoms with E-state index in [1.54, 1.807) is 36.4 Å². The van der Waals surface area contributed by atoms with Gasteiger partial charge in [-0.1, -0.05) is 42.5 Å². The highest BCUT2D eigenvalue weighted by Gasteiger charge is 2.34. The molecule has 0 N–H and O–H groups in total. The number of halogens is 5. The van der Waals surface area contributed by atoms with E-state index < -0.39 is 23.4 Å². The molecule has 0 radical (unpaired) electrons. The first kappa shape index (κ1) is 18.2. The van der Waals surface area contributed by atoms with Crippen LogP contribution in [0.2, 0.25) is 0 Å². The van der Waals surface area contributed by atoms with Crippen molar-refractivity contribution in [1.29, 1.82) is 0 Å². The van der Waals surface area contributed by atoms with Gasteiger partial charge in [-0.2, -0.15) is 18.3 Å². The van der Waals surface area contributed by atoms with Gasteiger partial charge in [-0.25, -0.2) is 8.78 Å². The van der Waals surface area contributed by atoms with E-state index in [2.05, 4.69) is 5.10 Å². The molecule has 4 rings (SSSR count). The van der Waals surface area contributed by atoms with Crippen molar-refractivity contribution in [2.24, 2.45) is 0 Å². The summed E-state index contributed by atoms with van der Waals surface area (Å²) < 4.78 is 68.8. The average Bonchev–Trinajstić information content (AvgIpc) is 2.98. The molecule has 0 saturated carbocycles. The third kappa shape index (κ3) is 3.35. The van der Waals surface area contributed by atoms with Gasteiger partial charge in [-0.15, -0.1) is 0 Å². The van der Waals surface area contributed by atoms with Crippen LogP contribution in [0.4, 0.5) is 22.0 Å². The molecular formula is C21H13F5N2. The fourth-order valence-corrected chi connectivity index (χ4v) is 3.27. The summed E-state index contributed by atoms with van der Waals surface area (Å²) in [5.41, 5.74) is 0.306. The standard InChI is InChI=1S/C21H13F5N2/c22-15-9-13(10-16(23)11-15)12-28-20(14-5-2-1-3-6-14)17-7-4-8-18(19(17)27-28)21(24,25)26/h1-11H,12H2. The van der Waals surface area contributed by atoms with Crippen LogP contribution in [0.25, 0.3) is 22.2 Å². The summed E-state index contributed by atoms with van der Waals surface area (Å²) in [6.07, 6.45) is -4.57. The van der Waals surface area contributed by atoms with Crippen LogP contribution >= 0.6 is 0 Å². The Morgan fingerprint density at radius 2 is 1.50 bits per heavy atom. The minimum Gasteiger partial charge on any atom is -0.259 e. The minimum absolute atomic E-state index is 0.0785. The summed E-state index contributed by atoms with van der Waals surface area (Å²) in [5.74, 6) is -1.52. The molecule has 0 spiro atoms. The number of fused-ring (bicyclic) bond motifs is 1. The number of hydrogen-bond donors (Lipinski definition) is 0. The van der Waals surface area contributed by atoms with Crippen LogP contribution in [0.5, 0.6) is 0 Å². The van der Waals surface area contributed by atoms with Crippen LogP contribution < -0.4 is 0 Å². The Bertz CT molecular complexity index is 1130. The van der Waals surface area contributed by atoms with Gasteiger partial charge in [0, 0.05) is 17.0 Å². The average molecular weight is 388 g/mol. The second-order valence-electron chi connectivity index (χ2n) is 6.35. The van der Waals surface area contributed by atoms with Crippen molar-refractivity contribution in [2.45, 2.75) is 12.7 Å². The Hall–Kier alpha value is -3.22. The molecule has 3 aromatic carbocycles. The summed E-state index contributed by atoms with van der Waals surface area (Å²) in [6, 6.07) is 15.7. The number of nitrogens with zero attached hydrogens (tertiary/aromatic N) is 2. The van der Waals surface area contributed by atoms with Crippen LogP contribution in [-0.4, -0.2) is 9.78 Å². The topological polar surface area (TPSA) is 17.8 Å². The quantitative estimate of drug-likeness (QED) is 0.391. The molecule has 2 nitrogen and oxygen atoms in total. The summed E-state index contributed by atoms with van der Waals surface area (Å²) >= 11 is 0. The van der Waals surface area contributed by atoms with Gasteiger partial charge in [-0.3, -0.25) is 4.68 Å². The SMILES string of the molecule is Fc1cc(F)cc(Cn2nc3c(C(F)(F)F)cccc3c2-c2ccccc2)c1. The lowest BCUT2D eigenvalue weighted by Gasteiger charge is -2.09. The molecule has 0 atom stereocenters. The molecule has 0 saturated heterocycles. The van der Waals surface area contributed by atoms with Crippen LogP contribution in [0.1, 0.15) is 11.1 Å². The second kappa shape index (κ2) is 6.74. The number of aromatic nitrogens is 2. The highest BCUT2D eigenvalue weighted by molar-refractivity contribution is 5.95. The molecule has 7 heteroatoms. The molecule has 0 aliphatic rings. The van der Waals surface area contributed by atoms with Gasteiger partial charge in [0.1, 0.15) is 17.2 Å². The monoisotopic (exact) mass is 388 g/mol. The first-order chi connectivity index (χ1) is 13.3. The summed E-state index contributed by atoms with van der Waals surface area (Å²) in [6.45, 7) is -0.0785. The lowest BCUT2D eigenvalue weighted by Crippen LogP contribution is -2.07. The highest BCUT2D eigenvalue weighted by Crippen LogP contribution is 2.38. The summed E-state index contributed by atoms with van der Waals surface area (Å²) in [5, 5.41) is 4.48. The molecule has 28 heavy (non-hydrogen) atoms. The molecule has 142 valence electrons. The van der Waals surface area contributed by atoms with Crippen molar-refractivity contribution in [2.75, 3.05) is 0 Å². The van der Waals surface area contributed by atoms with E-state index in [1.165, 1.54) is 10.7 Å². The Morgan fingerprint density at radius 3 is 2.14 bits per heavy atom. The highest BCUT2D eigenvalue weighted by atomic mass is 19.4. The van der Waals surface area contributed by atoms with E-state index in [1.807, 2.05) is 0 Å². The van der Waals surface area contributed by atoms with Gasteiger partial charge in [0.25, 0.3) is 0 Å². The normalized spacial score (nSPS) is 11.9. The number of alkyl halides is 3. The van der Waals surface area contributed by atoms with E-state index in [4.69, 9.17) is 0 Å². The van der Waals surface area contributed by atoms with Crippen molar-refractivity contribution >= 4 is 10.9 Å². The van der Waals surface area contributed by atoms with Crippen LogP contribution in [0, 0.1) is 11.6 Å². The summed E-state index contributed by atoms with van der Waals surface area (Å²) in [4.78, 5) is 0. The first-order valence-electron chi connectivity index (χ1n) is 8.40.